The maximum absolute atomic E-state index is 13.7. The second-order valence-corrected chi connectivity index (χ2v) is 3.96. The Hall–Kier alpha value is -1.83. The lowest BCUT2D eigenvalue weighted by atomic mass is 10.2. The number of pyridine rings is 1. The molecule has 0 radical (unpaired) electrons. The van der Waals surface area contributed by atoms with E-state index in [2.05, 4.69) is 10.3 Å². The maximum Gasteiger partial charge on any atom is 0.251 e. The molecule has 0 bridgehead atoms. The minimum absolute atomic E-state index is 0.0276. The van der Waals surface area contributed by atoms with E-state index in [9.17, 15) is 18.0 Å². The van der Waals surface area contributed by atoms with Gasteiger partial charge in [0.25, 0.3) is 5.95 Å². The lowest BCUT2D eigenvalue weighted by Crippen LogP contribution is -2.54. The second kappa shape index (κ2) is 5.43. The van der Waals surface area contributed by atoms with Gasteiger partial charge in [0.1, 0.15) is 6.04 Å². The standard InChI is InChI=1S/C11H12F3N3O2/c1-15-11(18)8-5-19-3-2-17(8)10-7(13)4-6(12)9(14)16-10/h4,8H,2-3,5H2,1H3,(H,15,18). The van der Waals surface area contributed by atoms with Crippen LogP contribution in [0.25, 0.3) is 0 Å². The first-order valence-electron chi connectivity index (χ1n) is 5.62. The molecule has 104 valence electrons. The van der Waals surface area contributed by atoms with Crippen LogP contribution in [0.3, 0.4) is 0 Å². The van der Waals surface area contributed by atoms with Crippen LogP contribution in [0.1, 0.15) is 0 Å². The molecule has 1 saturated heterocycles. The van der Waals surface area contributed by atoms with Crippen LogP contribution in [0.15, 0.2) is 6.07 Å². The molecule has 1 aliphatic rings. The predicted molar refractivity (Wildman–Crippen MR) is 60.1 cm³/mol. The minimum Gasteiger partial charge on any atom is -0.377 e. The Morgan fingerprint density at radius 3 is 2.89 bits per heavy atom. The monoisotopic (exact) mass is 275 g/mol. The molecule has 2 heterocycles. The summed E-state index contributed by atoms with van der Waals surface area (Å²) in [6.07, 6.45) is 0. The number of hydrogen-bond acceptors (Lipinski definition) is 4. The van der Waals surface area contributed by atoms with E-state index in [1.165, 1.54) is 11.9 Å². The first-order chi connectivity index (χ1) is 9.04. The highest BCUT2D eigenvalue weighted by Gasteiger charge is 2.32. The van der Waals surface area contributed by atoms with Crippen molar-refractivity contribution in [1.82, 2.24) is 10.3 Å². The number of likely N-dealkylation sites (N-methyl/N-ethyl adjacent to an activating group) is 1. The zero-order valence-corrected chi connectivity index (χ0v) is 10.1. The number of morpholine rings is 1. The van der Waals surface area contributed by atoms with Crippen molar-refractivity contribution in [2.45, 2.75) is 6.04 Å². The quantitative estimate of drug-likeness (QED) is 0.796. The summed E-state index contributed by atoms with van der Waals surface area (Å²) in [5, 5.41) is 2.40. The van der Waals surface area contributed by atoms with Gasteiger partial charge >= 0.3 is 0 Å². The first-order valence-corrected chi connectivity index (χ1v) is 5.62. The number of carbonyl (C=O) groups excluding carboxylic acids is 1. The largest absolute Gasteiger partial charge is 0.377 e. The van der Waals surface area contributed by atoms with Gasteiger partial charge in [-0.15, -0.1) is 0 Å². The molecule has 0 aliphatic carbocycles. The highest BCUT2D eigenvalue weighted by Crippen LogP contribution is 2.22. The fourth-order valence-corrected chi connectivity index (χ4v) is 1.88. The van der Waals surface area contributed by atoms with Gasteiger partial charge in [0, 0.05) is 19.7 Å². The van der Waals surface area contributed by atoms with Gasteiger partial charge in [-0.2, -0.15) is 9.37 Å². The molecular formula is C11H12F3N3O2. The van der Waals surface area contributed by atoms with Gasteiger partial charge in [-0.05, 0) is 0 Å². The van der Waals surface area contributed by atoms with Gasteiger partial charge in [0.05, 0.1) is 13.2 Å². The molecule has 1 N–H and O–H groups in total. The van der Waals surface area contributed by atoms with E-state index in [1.54, 1.807) is 0 Å². The third kappa shape index (κ3) is 2.62. The number of nitrogens with zero attached hydrogens (tertiary/aromatic N) is 2. The van der Waals surface area contributed by atoms with E-state index in [0.29, 0.717) is 6.07 Å². The van der Waals surface area contributed by atoms with Gasteiger partial charge in [-0.3, -0.25) is 4.79 Å². The minimum atomic E-state index is -1.40. The van der Waals surface area contributed by atoms with Crippen molar-refractivity contribution < 1.29 is 22.7 Å². The number of rotatable bonds is 2. The van der Waals surface area contributed by atoms with Crippen molar-refractivity contribution in [3.05, 3.63) is 23.6 Å². The number of halogens is 3. The van der Waals surface area contributed by atoms with E-state index in [0.717, 1.165) is 0 Å². The fourth-order valence-electron chi connectivity index (χ4n) is 1.88. The van der Waals surface area contributed by atoms with Crippen molar-refractivity contribution in [3.63, 3.8) is 0 Å². The number of anilines is 1. The third-order valence-corrected chi connectivity index (χ3v) is 2.82. The molecule has 1 amide bonds. The molecular weight excluding hydrogens is 263 g/mol. The SMILES string of the molecule is CNC(=O)C1COCCN1c1nc(F)c(F)cc1F. The number of aromatic nitrogens is 1. The summed E-state index contributed by atoms with van der Waals surface area (Å²) in [5.41, 5.74) is 0. The molecule has 1 unspecified atom stereocenters. The van der Waals surface area contributed by atoms with Crippen molar-refractivity contribution in [2.75, 3.05) is 31.7 Å². The van der Waals surface area contributed by atoms with Crippen LogP contribution >= 0.6 is 0 Å². The number of carbonyl (C=O) groups is 1. The molecule has 2 rings (SSSR count). The lowest BCUT2D eigenvalue weighted by Gasteiger charge is -2.35. The molecule has 0 saturated carbocycles. The maximum atomic E-state index is 13.7. The molecule has 1 aliphatic heterocycles. The summed E-state index contributed by atoms with van der Waals surface area (Å²) in [4.78, 5) is 16.2. The average molecular weight is 275 g/mol. The summed E-state index contributed by atoms with van der Waals surface area (Å²) in [5.74, 6) is -4.60. The van der Waals surface area contributed by atoms with Crippen LogP contribution in [0.2, 0.25) is 0 Å². The topological polar surface area (TPSA) is 54.5 Å². The number of amides is 1. The summed E-state index contributed by atoms with van der Waals surface area (Å²) in [7, 11) is 1.42. The lowest BCUT2D eigenvalue weighted by molar-refractivity contribution is -0.124. The summed E-state index contributed by atoms with van der Waals surface area (Å²) in [6.45, 7) is 0.431. The van der Waals surface area contributed by atoms with Gasteiger partial charge in [-0.1, -0.05) is 0 Å². The summed E-state index contributed by atoms with van der Waals surface area (Å²) >= 11 is 0. The van der Waals surface area contributed by atoms with E-state index in [1.807, 2.05) is 0 Å². The smallest absolute Gasteiger partial charge is 0.251 e. The van der Waals surface area contributed by atoms with E-state index in [4.69, 9.17) is 4.74 Å². The van der Waals surface area contributed by atoms with Gasteiger partial charge in [0.15, 0.2) is 17.5 Å². The van der Waals surface area contributed by atoms with Crippen molar-refractivity contribution in [2.24, 2.45) is 0 Å². The molecule has 0 spiro atoms. The van der Waals surface area contributed by atoms with Crippen LogP contribution in [0.5, 0.6) is 0 Å². The highest BCUT2D eigenvalue weighted by molar-refractivity contribution is 5.85. The number of ether oxygens (including phenoxy) is 1. The zero-order chi connectivity index (χ0) is 14.0. The van der Waals surface area contributed by atoms with Gasteiger partial charge in [-0.25, -0.2) is 8.78 Å². The fraction of sp³-hybridized carbons (Fsp3) is 0.455. The Balaban J connectivity index is 2.37. The Labute approximate surface area is 107 Å². The van der Waals surface area contributed by atoms with Crippen LogP contribution in [0, 0.1) is 17.6 Å². The van der Waals surface area contributed by atoms with E-state index >= 15 is 0 Å². The Bertz CT molecular complexity index is 498. The van der Waals surface area contributed by atoms with Crippen LogP contribution in [-0.2, 0) is 9.53 Å². The molecule has 5 nitrogen and oxygen atoms in total. The van der Waals surface area contributed by atoms with Crippen LogP contribution in [0.4, 0.5) is 19.0 Å². The number of nitrogens with one attached hydrogen (secondary N) is 1. The Morgan fingerprint density at radius 1 is 1.47 bits per heavy atom. The van der Waals surface area contributed by atoms with Gasteiger partial charge in [0.2, 0.25) is 5.91 Å². The van der Waals surface area contributed by atoms with E-state index in [-0.39, 0.29) is 19.8 Å². The number of hydrogen-bond donors (Lipinski definition) is 1. The zero-order valence-electron chi connectivity index (χ0n) is 10.1. The average Bonchev–Trinajstić information content (AvgIpc) is 2.42. The Kier molecular flexibility index (Phi) is 3.89. The molecule has 1 atom stereocenters. The molecule has 1 aromatic heterocycles. The van der Waals surface area contributed by atoms with E-state index < -0.39 is 35.3 Å². The highest BCUT2D eigenvalue weighted by atomic mass is 19.2. The molecule has 8 heteroatoms. The van der Waals surface area contributed by atoms with Crippen molar-refractivity contribution in [3.8, 4) is 0 Å². The molecule has 0 aromatic carbocycles. The van der Waals surface area contributed by atoms with Crippen molar-refractivity contribution in [1.29, 1.82) is 0 Å². The normalized spacial score (nSPS) is 19.4. The molecule has 19 heavy (non-hydrogen) atoms. The Morgan fingerprint density at radius 2 is 2.21 bits per heavy atom. The summed E-state index contributed by atoms with van der Waals surface area (Å²) in [6, 6.07) is -0.417. The molecule has 1 aromatic rings. The van der Waals surface area contributed by atoms with Crippen LogP contribution in [-0.4, -0.2) is 43.7 Å². The van der Waals surface area contributed by atoms with Gasteiger partial charge < -0.3 is 15.0 Å². The summed E-state index contributed by atoms with van der Waals surface area (Å²) < 4.78 is 44.8. The van der Waals surface area contributed by atoms with Crippen molar-refractivity contribution >= 4 is 11.7 Å². The third-order valence-electron chi connectivity index (χ3n) is 2.82. The molecule has 1 fully saturated rings. The first kappa shape index (κ1) is 13.6. The van der Waals surface area contributed by atoms with Crippen LogP contribution < -0.4 is 10.2 Å². The second-order valence-electron chi connectivity index (χ2n) is 3.96. The predicted octanol–water partition coefficient (Wildman–Crippen LogP) is 0.450.